The maximum atomic E-state index is 12.6. The first kappa shape index (κ1) is 50.9. The molecule has 1 aliphatic heterocycles. The van der Waals surface area contributed by atoms with Crippen molar-refractivity contribution in [2.45, 2.75) is 205 Å². The van der Waals surface area contributed by atoms with Crippen LogP contribution in [0.2, 0.25) is 0 Å². The van der Waals surface area contributed by atoms with E-state index in [-0.39, 0.29) is 19.4 Å². The summed E-state index contributed by atoms with van der Waals surface area (Å²) in [5, 5.41) is 8.89. The first-order valence-electron chi connectivity index (χ1n) is 21.5. The Morgan fingerprint density at radius 1 is 0.655 bits per heavy atom. The summed E-state index contributed by atoms with van der Waals surface area (Å²) in [6.07, 6.45) is 35.4. The maximum Gasteiger partial charge on any atom is 0.472 e. The molecule has 1 rings (SSSR count). The second-order valence-corrected chi connectivity index (χ2v) is 16.3. The van der Waals surface area contributed by atoms with Crippen LogP contribution in [0.1, 0.15) is 181 Å². The molecule has 320 valence electrons. The van der Waals surface area contributed by atoms with Crippen molar-refractivity contribution in [1.82, 2.24) is 0 Å². The first-order valence-corrected chi connectivity index (χ1v) is 23.0. The van der Waals surface area contributed by atoms with Gasteiger partial charge in [0.15, 0.2) is 6.10 Å². The number of unbranched alkanes of at least 4 members (excludes halogenated alkanes) is 18. The van der Waals surface area contributed by atoms with E-state index in [1.165, 1.54) is 70.6 Å². The molecule has 0 saturated carbocycles. The number of hydrogen-bond donors (Lipinski definition) is 3. The third kappa shape index (κ3) is 31.7. The second-order valence-electron chi connectivity index (χ2n) is 14.9. The van der Waals surface area contributed by atoms with Crippen LogP contribution in [0.4, 0.5) is 0 Å². The lowest BCUT2D eigenvalue weighted by molar-refractivity contribution is -0.161. The molecule has 0 radical (unpaired) electrons. The van der Waals surface area contributed by atoms with Crippen molar-refractivity contribution in [1.29, 1.82) is 0 Å². The van der Waals surface area contributed by atoms with E-state index in [9.17, 15) is 23.8 Å². The van der Waals surface area contributed by atoms with Gasteiger partial charge in [-0.25, -0.2) is 4.57 Å². The third-order valence-electron chi connectivity index (χ3n) is 9.60. The van der Waals surface area contributed by atoms with Crippen LogP contribution < -0.4 is 5.73 Å². The molecule has 0 aromatic carbocycles. The number of carboxylic acid groups (broad SMARTS) is 1. The van der Waals surface area contributed by atoms with E-state index in [2.05, 4.69) is 42.7 Å². The topological polar surface area (TPSA) is 184 Å². The van der Waals surface area contributed by atoms with Crippen LogP contribution in [0, 0.1) is 0 Å². The number of phosphoric ester groups is 1. The predicted octanol–water partition coefficient (Wildman–Crippen LogP) is 10.0. The van der Waals surface area contributed by atoms with E-state index in [1.807, 2.05) is 0 Å². The highest BCUT2D eigenvalue weighted by atomic mass is 31.2. The van der Waals surface area contributed by atoms with Crippen molar-refractivity contribution >= 4 is 25.7 Å². The minimum atomic E-state index is -4.72. The molecule has 0 aromatic rings. The van der Waals surface area contributed by atoms with Crippen LogP contribution in [0.25, 0.3) is 0 Å². The number of carbonyl (C=O) groups excluding carboxylic acids is 2. The molecule has 55 heavy (non-hydrogen) atoms. The number of aliphatic carboxylic acids is 1. The number of allylic oxidation sites excluding steroid dienone is 3. The van der Waals surface area contributed by atoms with Crippen molar-refractivity contribution in [2.24, 2.45) is 5.73 Å². The number of epoxide rings is 1. The summed E-state index contributed by atoms with van der Waals surface area (Å²) >= 11 is 0. The molecule has 0 spiro atoms. The molecule has 12 nitrogen and oxygen atoms in total. The van der Waals surface area contributed by atoms with E-state index in [1.54, 1.807) is 0 Å². The van der Waals surface area contributed by atoms with E-state index < -0.39 is 51.1 Å². The van der Waals surface area contributed by atoms with Crippen LogP contribution in [0.5, 0.6) is 0 Å². The van der Waals surface area contributed by atoms with Gasteiger partial charge in [-0.2, -0.15) is 0 Å². The summed E-state index contributed by atoms with van der Waals surface area (Å²) < 4.78 is 38.5. The number of carboxylic acids is 1. The molecule has 1 heterocycles. The predicted molar refractivity (Wildman–Crippen MR) is 217 cm³/mol. The Balaban J connectivity index is 2.30. The Labute approximate surface area is 332 Å². The highest BCUT2D eigenvalue weighted by Gasteiger charge is 2.36. The highest BCUT2D eigenvalue weighted by molar-refractivity contribution is 7.47. The van der Waals surface area contributed by atoms with Gasteiger partial charge in [0.1, 0.15) is 12.6 Å². The SMILES string of the molecule is CCCCC/C=C\CC1OC1CCCCCCCC(=O)O[C@H](COC(=O)CCCCCCCCC/C=C\CCCCCC)COP(=O)(O)OC[C@H](N)C(=O)O. The van der Waals surface area contributed by atoms with Crippen LogP contribution in [0.3, 0.4) is 0 Å². The Morgan fingerprint density at radius 3 is 1.76 bits per heavy atom. The van der Waals surface area contributed by atoms with Crippen molar-refractivity contribution in [2.75, 3.05) is 19.8 Å². The van der Waals surface area contributed by atoms with Gasteiger partial charge in [0.05, 0.1) is 25.4 Å². The van der Waals surface area contributed by atoms with Gasteiger partial charge in [0.2, 0.25) is 0 Å². The van der Waals surface area contributed by atoms with Gasteiger partial charge in [0.25, 0.3) is 0 Å². The zero-order valence-corrected chi connectivity index (χ0v) is 35.1. The molecule has 1 saturated heterocycles. The fourth-order valence-electron chi connectivity index (χ4n) is 6.07. The highest BCUT2D eigenvalue weighted by Crippen LogP contribution is 2.43. The summed E-state index contributed by atoms with van der Waals surface area (Å²) in [7, 11) is -4.72. The lowest BCUT2D eigenvalue weighted by Crippen LogP contribution is -2.34. The Hall–Kier alpha value is -2.08. The molecular weight excluding hydrogens is 725 g/mol. The van der Waals surface area contributed by atoms with E-state index in [4.69, 9.17) is 29.6 Å². The lowest BCUT2D eigenvalue weighted by Gasteiger charge is -2.20. The minimum absolute atomic E-state index is 0.138. The van der Waals surface area contributed by atoms with Crippen molar-refractivity contribution in [3.8, 4) is 0 Å². The molecule has 1 aliphatic rings. The number of nitrogens with two attached hydrogens (primary N) is 1. The van der Waals surface area contributed by atoms with Crippen molar-refractivity contribution in [3.05, 3.63) is 24.3 Å². The molecular formula is C42H76NO11P. The molecule has 0 amide bonds. The van der Waals surface area contributed by atoms with Gasteiger partial charge < -0.3 is 29.9 Å². The first-order chi connectivity index (χ1) is 26.6. The number of carbonyl (C=O) groups is 3. The summed E-state index contributed by atoms with van der Waals surface area (Å²) in [5.41, 5.74) is 5.33. The lowest BCUT2D eigenvalue weighted by atomic mass is 10.1. The number of ether oxygens (including phenoxy) is 3. The van der Waals surface area contributed by atoms with Crippen LogP contribution >= 0.6 is 7.82 Å². The molecule has 13 heteroatoms. The maximum absolute atomic E-state index is 12.6. The van der Waals surface area contributed by atoms with Gasteiger partial charge in [0, 0.05) is 12.8 Å². The van der Waals surface area contributed by atoms with Crippen LogP contribution in [0.15, 0.2) is 24.3 Å². The van der Waals surface area contributed by atoms with Gasteiger partial charge in [-0.1, -0.05) is 128 Å². The van der Waals surface area contributed by atoms with Crippen LogP contribution in [-0.2, 0) is 42.2 Å². The average molecular weight is 802 g/mol. The summed E-state index contributed by atoms with van der Waals surface area (Å²) in [4.78, 5) is 46.0. The largest absolute Gasteiger partial charge is 0.480 e. The average Bonchev–Trinajstić information content (AvgIpc) is 3.91. The Morgan fingerprint density at radius 2 is 1.15 bits per heavy atom. The number of phosphoric acid groups is 1. The number of esters is 2. The molecule has 0 aromatic heterocycles. The number of hydrogen-bond acceptors (Lipinski definition) is 10. The molecule has 5 atom stereocenters. The van der Waals surface area contributed by atoms with Gasteiger partial charge in [-0.15, -0.1) is 0 Å². The molecule has 1 fully saturated rings. The third-order valence-corrected chi connectivity index (χ3v) is 10.5. The fourth-order valence-corrected chi connectivity index (χ4v) is 6.84. The molecule has 0 aliphatic carbocycles. The Bertz CT molecular complexity index is 1100. The van der Waals surface area contributed by atoms with Gasteiger partial charge >= 0.3 is 25.7 Å². The van der Waals surface area contributed by atoms with Gasteiger partial charge in [-0.3, -0.25) is 23.4 Å². The summed E-state index contributed by atoms with van der Waals surface area (Å²) in [6.45, 7) is 2.73. The standard InChI is InChI=1S/C42H76NO11P/c1-3-5-7-9-11-12-13-14-15-16-17-18-19-23-27-31-40(44)50-33-36(34-51-55(48,49)52-35-37(43)42(46)47)53-41(45)32-28-24-20-22-26-30-39-38(54-39)29-25-21-10-8-6-4-2/h12-13,21,25,36-39H,3-11,14-20,22-24,26-35,43H2,1-2H3,(H,46,47)(H,48,49)/b13-12-,25-21-/t36-,37+,38?,39?/m1/s1. The summed E-state index contributed by atoms with van der Waals surface area (Å²) in [6, 6.07) is -1.53. The zero-order valence-electron chi connectivity index (χ0n) is 34.2. The summed E-state index contributed by atoms with van der Waals surface area (Å²) in [5.74, 6) is -2.41. The molecule has 3 unspecified atom stereocenters. The van der Waals surface area contributed by atoms with E-state index in [0.29, 0.717) is 25.0 Å². The van der Waals surface area contributed by atoms with Crippen molar-refractivity contribution in [3.63, 3.8) is 0 Å². The Kier molecular flexibility index (Phi) is 31.5. The normalized spacial score (nSPS) is 17.7. The smallest absolute Gasteiger partial charge is 0.472 e. The van der Waals surface area contributed by atoms with E-state index >= 15 is 0 Å². The van der Waals surface area contributed by atoms with Crippen LogP contribution in [-0.4, -0.2) is 72.1 Å². The van der Waals surface area contributed by atoms with Gasteiger partial charge in [-0.05, 0) is 64.2 Å². The number of rotatable bonds is 39. The zero-order chi connectivity index (χ0) is 40.4. The van der Waals surface area contributed by atoms with E-state index in [0.717, 1.165) is 70.6 Å². The second kappa shape index (κ2) is 34.0. The molecule has 0 bridgehead atoms. The minimum Gasteiger partial charge on any atom is -0.480 e. The monoisotopic (exact) mass is 802 g/mol. The van der Waals surface area contributed by atoms with Crippen molar-refractivity contribution < 1.29 is 52.2 Å². The quantitative estimate of drug-likeness (QED) is 0.0176. The fraction of sp³-hybridized carbons (Fsp3) is 0.833. The molecule has 4 N–H and O–H groups in total.